The second kappa shape index (κ2) is 4.81. The molecule has 1 aromatic heterocycles. The van der Waals surface area contributed by atoms with Crippen molar-refractivity contribution < 1.29 is 0 Å². The molecule has 0 amide bonds. The molecular formula is C13H18ClN3. The van der Waals surface area contributed by atoms with Crippen molar-refractivity contribution in [2.24, 2.45) is 5.92 Å². The molecule has 0 N–H and O–H groups in total. The van der Waals surface area contributed by atoms with Gasteiger partial charge in [-0.05, 0) is 43.7 Å². The molecule has 4 heteroatoms. The van der Waals surface area contributed by atoms with E-state index in [1.54, 1.807) is 0 Å². The Bertz CT molecular complexity index is 379. The van der Waals surface area contributed by atoms with Gasteiger partial charge in [0, 0.05) is 12.6 Å². The van der Waals surface area contributed by atoms with Crippen LogP contribution in [-0.4, -0.2) is 22.8 Å². The lowest BCUT2D eigenvalue weighted by Crippen LogP contribution is -2.43. The molecule has 17 heavy (non-hydrogen) atoms. The molecule has 2 aliphatic rings. The van der Waals surface area contributed by atoms with Crippen LogP contribution >= 0.6 is 11.6 Å². The highest BCUT2D eigenvalue weighted by molar-refractivity contribution is 6.16. The van der Waals surface area contributed by atoms with Gasteiger partial charge < -0.3 is 4.90 Å². The number of rotatable bonds is 2. The van der Waals surface area contributed by atoms with E-state index in [9.17, 15) is 0 Å². The van der Waals surface area contributed by atoms with Crippen LogP contribution in [0.3, 0.4) is 0 Å². The fraction of sp³-hybridized carbons (Fsp3) is 0.692. The van der Waals surface area contributed by atoms with E-state index in [4.69, 9.17) is 11.6 Å². The first-order chi connectivity index (χ1) is 8.38. The number of halogens is 1. The standard InChI is InChI=1S/C13H18ClN3/c14-9-11-6-7-13(16-15-11)17-8-2-4-10-3-1-5-12(10)17/h6-7,10,12H,1-5,8-9H2. The Morgan fingerprint density at radius 2 is 2.06 bits per heavy atom. The van der Waals surface area contributed by atoms with Crippen molar-refractivity contribution in [2.45, 2.75) is 44.0 Å². The van der Waals surface area contributed by atoms with Gasteiger partial charge in [-0.1, -0.05) is 6.42 Å². The predicted molar refractivity (Wildman–Crippen MR) is 69.3 cm³/mol. The molecule has 3 nitrogen and oxygen atoms in total. The van der Waals surface area contributed by atoms with Gasteiger partial charge in [0.1, 0.15) is 0 Å². The lowest BCUT2D eigenvalue weighted by molar-refractivity contribution is 0.360. The highest BCUT2D eigenvalue weighted by Gasteiger charge is 2.35. The zero-order valence-corrected chi connectivity index (χ0v) is 10.7. The van der Waals surface area contributed by atoms with Crippen LogP contribution in [0.5, 0.6) is 0 Å². The molecule has 1 aliphatic heterocycles. The summed E-state index contributed by atoms with van der Waals surface area (Å²) in [5, 5.41) is 8.49. The van der Waals surface area contributed by atoms with Gasteiger partial charge in [-0.2, -0.15) is 5.10 Å². The Kier molecular flexibility index (Phi) is 3.19. The summed E-state index contributed by atoms with van der Waals surface area (Å²) < 4.78 is 0. The molecule has 2 unspecified atom stereocenters. The van der Waals surface area contributed by atoms with E-state index < -0.39 is 0 Å². The molecule has 1 saturated heterocycles. The number of hydrogen-bond donors (Lipinski definition) is 0. The first-order valence-electron chi connectivity index (χ1n) is 6.53. The van der Waals surface area contributed by atoms with E-state index in [1.807, 2.05) is 6.07 Å². The maximum absolute atomic E-state index is 5.74. The van der Waals surface area contributed by atoms with Crippen molar-refractivity contribution in [3.8, 4) is 0 Å². The summed E-state index contributed by atoms with van der Waals surface area (Å²) in [6, 6.07) is 4.78. The molecular weight excluding hydrogens is 234 g/mol. The summed E-state index contributed by atoms with van der Waals surface area (Å²) in [6.45, 7) is 1.13. The van der Waals surface area contributed by atoms with Crippen molar-refractivity contribution in [1.29, 1.82) is 0 Å². The molecule has 0 radical (unpaired) electrons. The Morgan fingerprint density at radius 1 is 1.18 bits per heavy atom. The highest BCUT2D eigenvalue weighted by Crippen LogP contribution is 2.38. The molecule has 3 rings (SSSR count). The number of piperidine rings is 1. The van der Waals surface area contributed by atoms with Crippen molar-refractivity contribution in [3.63, 3.8) is 0 Å². The van der Waals surface area contributed by atoms with Gasteiger partial charge in [0.15, 0.2) is 5.82 Å². The third-order valence-electron chi connectivity index (χ3n) is 4.13. The van der Waals surface area contributed by atoms with Crippen LogP contribution in [0, 0.1) is 5.92 Å². The Labute approximate surface area is 107 Å². The summed E-state index contributed by atoms with van der Waals surface area (Å²) in [6.07, 6.45) is 6.78. The average molecular weight is 252 g/mol. The van der Waals surface area contributed by atoms with Gasteiger partial charge in [-0.25, -0.2) is 0 Å². The molecule has 2 atom stereocenters. The van der Waals surface area contributed by atoms with Crippen LogP contribution in [0.15, 0.2) is 12.1 Å². The number of aromatic nitrogens is 2. The minimum Gasteiger partial charge on any atom is -0.352 e. The third-order valence-corrected chi connectivity index (χ3v) is 4.40. The molecule has 0 bridgehead atoms. The quantitative estimate of drug-likeness (QED) is 0.757. The monoisotopic (exact) mass is 251 g/mol. The maximum atomic E-state index is 5.74. The fourth-order valence-electron chi connectivity index (χ4n) is 3.32. The molecule has 1 aromatic rings. The Hall–Kier alpha value is -0.830. The summed E-state index contributed by atoms with van der Waals surface area (Å²) in [4.78, 5) is 2.46. The second-order valence-corrected chi connectivity index (χ2v) is 5.38. The van der Waals surface area contributed by atoms with Crippen molar-refractivity contribution in [1.82, 2.24) is 10.2 Å². The van der Waals surface area contributed by atoms with Crippen molar-refractivity contribution in [3.05, 3.63) is 17.8 Å². The topological polar surface area (TPSA) is 29.0 Å². The second-order valence-electron chi connectivity index (χ2n) is 5.11. The lowest BCUT2D eigenvalue weighted by atomic mass is 9.92. The van der Waals surface area contributed by atoms with E-state index in [0.717, 1.165) is 24.0 Å². The summed E-state index contributed by atoms with van der Waals surface area (Å²) in [7, 11) is 0. The van der Waals surface area contributed by atoms with Gasteiger partial charge in [0.05, 0.1) is 11.6 Å². The SMILES string of the molecule is ClCc1ccc(N2CCCC3CCCC32)nn1. The smallest absolute Gasteiger partial charge is 0.151 e. The summed E-state index contributed by atoms with van der Waals surface area (Å²) in [5.41, 5.74) is 0.857. The normalized spacial score (nSPS) is 28.2. The Balaban J connectivity index is 1.81. The van der Waals surface area contributed by atoms with Crippen LogP contribution in [0.1, 0.15) is 37.8 Å². The number of hydrogen-bond acceptors (Lipinski definition) is 3. The fourth-order valence-corrected chi connectivity index (χ4v) is 3.46. The zero-order valence-electron chi connectivity index (χ0n) is 9.98. The minimum atomic E-state index is 0.444. The summed E-state index contributed by atoms with van der Waals surface area (Å²) in [5.74, 6) is 2.37. The maximum Gasteiger partial charge on any atom is 0.151 e. The molecule has 2 fully saturated rings. The van der Waals surface area contributed by atoms with Gasteiger partial charge in [0.25, 0.3) is 0 Å². The number of anilines is 1. The van der Waals surface area contributed by atoms with Crippen LogP contribution in [0.2, 0.25) is 0 Å². The van der Waals surface area contributed by atoms with Gasteiger partial charge >= 0.3 is 0 Å². The van der Waals surface area contributed by atoms with Crippen molar-refractivity contribution >= 4 is 17.4 Å². The molecule has 92 valence electrons. The number of alkyl halides is 1. The number of nitrogens with zero attached hydrogens (tertiary/aromatic N) is 3. The van der Waals surface area contributed by atoms with Gasteiger partial charge in [0.2, 0.25) is 0 Å². The first-order valence-corrected chi connectivity index (χ1v) is 7.07. The Morgan fingerprint density at radius 3 is 2.82 bits per heavy atom. The average Bonchev–Trinajstić information content (AvgIpc) is 2.87. The van der Waals surface area contributed by atoms with Crippen LogP contribution in [-0.2, 0) is 5.88 Å². The van der Waals surface area contributed by atoms with E-state index >= 15 is 0 Å². The van der Waals surface area contributed by atoms with E-state index in [0.29, 0.717) is 11.9 Å². The first kappa shape index (κ1) is 11.3. The third kappa shape index (κ3) is 2.13. The van der Waals surface area contributed by atoms with E-state index in [2.05, 4.69) is 21.2 Å². The minimum absolute atomic E-state index is 0.444. The lowest BCUT2D eigenvalue weighted by Gasteiger charge is -2.38. The van der Waals surface area contributed by atoms with Crippen LogP contribution in [0.25, 0.3) is 0 Å². The molecule has 1 aliphatic carbocycles. The molecule has 0 aromatic carbocycles. The highest BCUT2D eigenvalue weighted by atomic mass is 35.5. The molecule has 1 saturated carbocycles. The largest absolute Gasteiger partial charge is 0.352 e. The predicted octanol–water partition coefficient (Wildman–Crippen LogP) is 2.98. The van der Waals surface area contributed by atoms with E-state index in [1.165, 1.54) is 32.1 Å². The van der Waals surface area contributed by atoms with Crippen LogP contribution < -0.4 is 4.90 Å². The van der Waals surface area contributed by atoms with Gasteiger partial charge in [-0.3, -0.25) is 0 Å². The van der Waals surface area contributed by atoms with Crippen molar-refractivity contribution in [2.75, 3.05) is 11.4 Å². The molecule has 0 spiro atoms. The van der Waals surface area contributed by atoms with Gasteiger partial charge in [-0.15, -0.1) is 16.7 Å². The van der Waals surface area contributed by atoms with Crippen LogP contribution in [0.4, 0.5) is 5.82 Å². The zero-order chi connectivity index (χ0) is 11.7. The summed E-state index contributed by atoms with van der Waals surface area (Å²) >= 11 is 5.74. The molecule has 2 heterocycles. The van der Waals surface area contributed by atoms with E-state index in [-0.39, 0.29) is 0 Å². The number of fused-ring (bicyclic) bond motifs is 1.